The molecule has 2 fully saturated rings. The van der Waals surface area contributed by atoms with Crippen LogP contribution in [0.25, 0.3) is 0 Å². The molecular formula is C16H27BF2O2. The van der Waals surface area contributed by atoms with E-state index in [1.807, 2.05) is 27.7 Å². The van der Waals surface area contributed by atoms with Crippen LogP contribution in [0.4, 0.5) is 8.78 Å². The lowest BCUT2D eigenvalue weighted by atomic mass is 9.66. The van der Waals surface area contributed by atoms with Crippen LogP contribution in [0.3, 0.4) is 0 Å². The zero-order valence-electron chi connectivity index (χ0n) is 13.6. The Kier molecular flexibility index (Phi) is 5.14. The molecule has 2 aliphatic rings. The van der Waals surface area contributed by atoms with Crippen molar-refractivity contribution in [3.05, 3.63) is 12.2 Å². The van der Waals surface area contributed by atoms with Gasteiger partial charge in [0.25, 0.3) is 6.08 Å². The third kappa shape index (κ3) is 4.07. The molecule has 1 atom stereocenters. The molecule has 0 aromatic carbocycles. The summed E-state index contributed by atoms with van der Waals surface area (Å²) in [7, 11) is -0.571. The van der Waals surface area contributed by atoms with E-state index in [-0.39, 0.29) is 5.82 Å². The molecule has 0 aromatic rings. The predicted molar refractivity (Wildman–Crippen MR) is 81.3 cm³/mol. The van der Waals surface area contributed by atoms with Crippen molar-refractivity contribution in [2.24, 2.45) is 5.92 Å². The first-order chi connectivity index (χ1) is 9.71. The second-order valence-electron chi connectivity index (χ2n) is 7.48. The second-order valence-corrected chi connectivity index (χ2v) is 7.48. The molecule has 0 radical (unpaired) electrons. The van der Waals surface area contributed by atoms with Gasteiger partial charge >= 0.3 is 7.12 Å². The van der Waals surface area contributed by atoms with E-state index in [9.17, 15) is 8.78 Å². The first-order valence-electron chi connectivity index (χ1n) is 8.10. The highest BCUT2D eigenvalue weighted by Gasteiger charge is 2.53. The monoisotopic (exact) mass is 300 g/mol. The Bertz CT molecular complexity index is 370. The van der Waals surface area contributed by atoms with Gasteiger partial charge in [0.2, 0.25) is 0 Å². The van der Waals surface area contributed by atoms with Gasteiger partial charge in [-0.05, 0) is 46.1 Å². The number of halogens is 2. The van der Waals surface area contributed by atoms with Crippen LogP contribution in [0.15, 0.2) is 12.2 Å². The zero-order chi connectivity index (χ0) is 15.7. The van der Waals surface area contributed by atoms with Crippen LogP contribution in [0.1, 0.15) is 66.2 Å². The number of rotatable bonds is 4. The lowest BCUT2D eigenvalue weighted by Gasteiger charge is -2.32. The van der Waals surface area contributed by atoms with Crippen molar-refractivity contribution in [2.75, 3.05) is 0 Å². The minimum absolute atomic E-state index is 0.362. The van der Waals surface area contributed by atoms with Crippen LogP contribution in [0.5, 0.6) is 0 Å². The normalized spacial score (nSPS) is 26.7. The molecular weight excluding hydrogens is 273 g/mol. The summed E-state index contributed by atoms with van der Waals surface area (Å²) < 4.78 is 37.6. The van der Waals surface area contributed by atoms with E-state index in [1.165, 1.54) is 19.3 Å². The summed E-state index contributed by atoms with van der Waals surface area (Å²) in [4.78, 5) is 0. The average Bonchev–Trinajstić information content (AvgIpc) is 2.58. The van der Waals surface area contributed by atoms with E-state index in [0.717, 1.165) is 25.3 Å². The minimum Gasteiger partial charge on any atom is -0.403 e. The van der Waals surface area contributed by atoms with Crippen LogP contribution >= 0.6 is 0 Å². The van der Waals surface area contributed by atoms with Crippen molar-refractivity contribution in [1.82, 2.24) is 0 Å². The molecule has 21 heavy (non-hydrogen) atoms. The summed E-state index contributed by atoms with van der Waals surface area (Å²) >= 11 is 0. The standard InChI is InChI=1S/C16H27BF2O2/c1-15(2)16(3,4)21-17(20-15)13(11-14(18)19)10-12-8-6-5-7-9-12/h11-13H,5-10H2,1-4H3/t13-/m1/s1. The third-order valence-corrected chi connectivity index (χ3v) is 5.29. The molecule has 0 aromatic heterocycles. The van der Waals surface area contributed by atoms with Crippen molar-refractivity contribution in [3.63, 3.8) is 0 Å². The van der Waals surface area contributed by atoms with E-state index >= 15 is 0 Å². The first kappa shape index (κ1) is 16.9. The van der Waals surface area contributed by atoms with Gasteiger partial charge in [-0.2, -0.15) is 8.78 Å². The maximum atomic E-state index is 12.8. The fourth-order valence-electron chi connectivity index (χ4n) is 3.29. The van der Waals surface area contributed by atoms with Gasteiger partial charge in [-0.3, -0.25) is 0 Å². The fourth-order valence-corrected chi connectivity index (χ4v) is 3.29. The summed E-state index contributed by atoms with van der Waals surface area (Å²) in [6.07, 6.45) is 6.10. The molecule has 1 heterocycles. The van der Waals surface area contributed by atoms with Crippen molar-refractivity contribution >= 4 is 7.12 Å². The van der Waals surface area contributed by atoms with Gasteiger partial charge in [0, 0.05) is 5.82 Å². The fraction of sp³-hybridized carbons (Fsp3) is 0.875. The third-order valence-electron chi connectivity index (χ3n) is 5.29. The smallest absolute Gasteiger partial charge is 0.403 e. The zero-order valence-corrected chi connectivity index (χ0v) is 13.6. The van der Waals surface area contributed by atoms with E-state index < -0.39 is 24.4 Å². The lowest BCUT2D eigenvalue weighted by molar-refractivity contribution is 0.00578. The molecule has 5 heteroatoms. The summed E-state index contributed by atoms with van der Waals surface area (Å²) in [5.41, 5.74) is -0.938. The molecule has 2 rings (SSSR count). The molecule has 1 aliphatic carbocycles. The van der Waals surface area contributed by atoms with Crippen molar-refractivity contribution in [3.8, 4) is 0 Å². The first-order valence-corrected chi connectivity index (χ1v) is 8.10. The maximum Gasteiger partial charge on any atom is 0.465 e. The number of hydrogen-bond acceptors (Lipinski definition) is 2. The highest BCUT2D eigenvalue weighted by Crippen LogP contribution is 2.43. The average molecular weight is 300 g/mol. The molecule has 120 valence electrons. The van der Waals surface area contributed by atoms with Gasteiger partial charge < -0.3 is 9.31 Å². The Balaban J connectivity index is 2.08. The van der Waals surface area contributed by atoms with E-state index in [4.69, 9.17) is 9.31 Å². The molecule has 0 N–H and O–H groups in total. The summed E-state index contributed by atoms with van der Waals surface area (Å²) in [6, 6.07) is 0. The van der Waals surface area contributed by atoms with Crippen LogP contribution in [0.2, 0.25) is 5.82 Å². The Hall–Kier alpha value is -0.415. The van der Waals surface area contributed by atoms with Gasteiger partial charge in [0.05, 0.1) is 11.2 Å². The quantitative estimate of drug-likeness (QED) is 0.664. The van der Waals surface area contributed by atoms with Crippen LogP contribution in [0, 0.1) is 5.92 Å². The van der Waals surface area contributed by atoms with Gasteiger partial charge in [0.15, 0.2) is 0 Å². The van der Waals surface area contributed by atoms with E-state index in [1.54, 1.807) is 0 Å². The van der Waals surface area contributed by atoms with Gasteiger partial charge in [-0.25, -0.2) is 0 Å². The summed E-state index contributed by atoms with van der Waals surface area (Å²) in [6.45, 7) is 7.83. The Labute approximate surface area is 127 Å². The van der Waals surface area contributed by atoms with Crippen LogP contribution < -0.4 is 0 Å². The van der Waals surface area contributed by atoms with Crippen molar-refractivity contribution < 1.29 is 18.1 Å². The Morgan fingerprint density at radius 1 is 1.10 bits per heavy atom. The molecule has 0 unspecified atom stereocenters. The van der Waals surface area contributed by atoms with Crippen molar-refractivity contribution in [2.45, 2.75) is 83.2 Å². The van der Waals surface area contributed by atoms with Gasteiger partial charge in [-0.1, -0.05) is 32.1 Å². The van der Waals surface area contributed by atoms with E-state index in [2.05, 4.69) is 0 Å². The highest BCUT2D eigenvalue weighted by molar-refractivity contribution is 6.48. The maximum absolute atomic E-state index is 12.8. The van der Waals surface area contributed by atoms with Crippen LogP contribution in [-0.4, -0.2) is 18.3 Å². The second kappa shape index (κ2) is 6.37. The predicted octanol–water partition coefficient (Wildman–Crippen LogP) is 5.20. The van der Waals surface area contributed by atoms with Gasteiger partial charge in [-0.15, -0.1) is 0 Å². The molecule has 0 amide bonds. The van der Waals surface area contributed by atoms with E-state index in [0.29, 0.717) is 5.92 Å². The lowest BCUT2D eigenvalue weighted by Crippen LogP contribution is -2.41. The number of hydrogen-bond donors (Lipinski definition) is 0. The summed E-state index contributed by atoms with van der Waals surface area (Å²) in [5.74, 6) is 0.150. The molecule has 0 bridgehead atoms. The topological polar surface area (TPSA) is 18.5 Å². The largest absolute Gasteiger partial charge is 0.465 e. The molecule has 0 spiro atoms. The van der Waals surface area contributed by atoms with Crippen molar-refractivity contribution in [1.29, 1.82) is 0 Å². The molecule has 1 saturated carbocycles. The number of allylic oxidation sites excluding steroid dienone is 1. The van der Waals surface area contributed by atoms with Gasteiger partial charge in [0.1, 0.15) is 0 Å². The van der Waals surface area contributed by atoms with Crippen LogP contribution in [-0.2, 0) is 9.31 Å². The Morgan fingerprint density at radius 2 is 1.62 bits per heavy atom. The molecule has 1 aliphatic heterocycles. The Morgan fingerprint density at radius 3 is 2.10 bits per heavy atom. The minimum atomic E-state index is -1.63. The molecule has 1 saturated heterocycles. The molecule has 2 nitrogen and oxygen atoms in total. The highest BCUT2D eigenvalue weighted by atomic mass is 19.3. The summed E-state index contributed by atoms with van der Waals surface area (Å²) in [5, 5.41) is 0. The SMILES string of the molecule is CC1(C)OB([C@@H](C=C(F)F)CC2CCCCC2)OC1(C)C.